The number of benzene rings is 2. The van der Waals surface area contributed by atoms with Crippen molar-refractivity contribution in [3.63, 3.8) is 0 Å². The van der Waals surface area contributed by atoms with E-state index in [0.29, 0.717) is 12.0 Å². The van der Waals surface area contributed by atoms with E-state index in [9.17, 15) is 0 Å². The van der Waals surface area contributed by atoms with E-state index < -0.39 is 0 Å². The van der Waals surface area contributed by atoms with Gasteiger partial charge in [-0.25, -0.2) is 5.43 Å². The van der Waals surface area contributed by atoms with Crippen LogP contribution in [0.3, 0.4) is 0 Å². The summed E-state index contributed by atoms with van der Waals surface area (Å²) in [5.41, 5.74) is 11.6. The number of rotatable bonds is 9. The Labute approximate surface area is 168 Å². The predicted octanol–water partition coefficient (Wildman–Crippen LogP) is 3.30. The van der Waals surface area contributed by atoms with Crippen LogP contribution in [0.4, 0.5) is 0 Å². The van der Waals surface area contributed by atoms with Crippen molar-refractivity contribution in [1.82, 2.24) is 16.2 Å². The van der Waals surface area contributed by atoms with Crippen LogP contribution in [0.1, 0.15) is 28.3 Å². The number of ether oxygens (including phenoxy) is 2. The number of hydrogen-bond acceptors (Lipinski definition) is 5. The molecule has 2 atom stereocenters. The molecule has 5 nitrogen and oxygen atoms in total. The molecule has 0 saturated carbocycles. The maximum absolute atomic E-state index is 5.52. The molecule has 1 saturated heterocycles. The van der Waals surface area contributed by atoms with Crippen LogP contribution in [0.25, 0.3) is 0 Å². The largest absolute Gasteiger partial charge is 0.493 e. The molecule has 0 aliphatic carbocycles. The average Bonchev–Trinajstić information content (AvgIpc) is 3.16. The normalized spacial score (nSPS) is 18.8. The number of methoxy groups -OCH3 is 2. The smallest absolute Gasteiger partial charge is 0.164 e. The highest BCUT2D eigenvalue weighted by atomic mass is 16.5. The summed E-state index contributed by atoms with van der Waals surface area (Å²) in [6.07, 6.45) is 2.64. The van der Waals surface area contributed by atoms with Crippen LogP contribution in [-0.4, -0.2) is 27.3 Å². The lowest BCUT2D eigenvalue weighted by Gasteiger charge is -2.20. The molecule has 3 N–H and O–H groups in total. The minimum Gasteiger partial charge on any atom is -0.493 e. The summed E-state index contributed by atoms with van der Waals surface area (Å²) in [6, 6.07) is 13.2. The fraction of sp³-hybridized carbons (Fsp3) is 0.391. The summed E-state index contributed by atoms with van der Waals surface area (Å²) in [5.74, 6) is 2.03. The highest BCUT2D eigenvalue weighted by Gasteiger charge is 2.27. The van der Waals surface area contributed by atoms with Gasteiger partial charge >= 0.3 is 0 Å². The van der Waals surface area contributed by atoms with Crippen LogP contribution in [0.2, 0.25) is 0 Å². The van der Waals surface area contributed by atoms with Gasteiger partial charge in [-0.15, -0.1) is 6.58 Å². The van der Waals surface area contributed by atoms with Gasteiger partial charge in [0.1, 0.15) is 0 Å². The number of hydrazine groups is 1. The first-order valence-electron chi connectivity index (χ1n) is 9.76. The zero-order valence-electron chi connectivity index (χ0n) is 17.0. The number of nitrogens with one attached hydrogen (secondary N) is 3. The van der Waals surface area contributed by atoms with Gasteiger partial charge in [0.15, 0.2) is 11.5 Å². The molecule has 1 aliphatic rings. The van der Waals surface area contributed by atoms with E-state index in [1.807, 2.05) is 12.1 Å². The third-order valence-corrected chi connectivity index (χ3v) is 5.21. The topological polar surface area (TPSA) is 54.5 Å². The molecule has 1 aliphatic heterocycles. The molecule has 0 aromatic heterocycles. The molecule has 5 heteroatoms. The van der Waals surface area contributed by atoms with Gasteiger partial charge in [0.05, 0.1) is 20.3 Å². The molecule has 0 radical (unpaired) electrons. The van der Waals surface area contributed by atoms with Crippen LogP contribution in [0.15, 0.2) is 49.1 Å². The number of hydrogen-bond donors (Lipinski definition) is 3. The molecule has 3 rings (SSSR count). The molecule has 1 heterocycles. The number of aryl methyl sites for hydroxylation is 1. The first-order chi connectivity index (χ1) is 13.7. The van der Waals surface area contributed by atoms with E-state index >= 15 is 0 Å². The maximum Gasteiger partial charge on any atom is 0.164 e. The number of allylic oxidation sites excluding steroid dienone is 1. The molecular formula is C23H31N3O2. The van der Waals surface area contributed by atoms with Gasteiger partial charge in [0.25, 0.3) is 0 Å². The minimum atomic E-state index is 0.314. The van der Waals surface area contributed by atoms with E-state index in [-0.39, 0.29) is 0 Å². The molecular weight excluding hydrogens is 350 g/mol. The molecule has 2 aromatic rings. The van der Waals surface area contributed by atoms with Crippen LogP contribution in [0, 0.1) is 12.8 Å². The van der Waals surface area contributed by atoms with Crippen LogP contribution >= 0.6 is 0 Å². The van der Waals surface area contributed by atoms with Gasteiger partial charge in [0, 0.05) is 31.1 Å². The predicted molar refractivity (Wildman–Crippen MR) is 114 cm³/mol. The molecule has 0 amide bonds. The second-order valence-electron chi connectivity index (χ2n) is 7.29. The van der Waals surface area contributed by atoms with Crippen molar-refractivity contribution >= 4 is 0 Å². The Morgan fingerprint density at radius 3 is 2.79 bits per heavy atom. The zero-order chi connectivity index (χ0) is 19.9. The molecule has 1 fully saturated rings. The molecule has 28 heavy (non-hydrogen) atoms. The van der Waals surface area contributed by atoms with Gasteiger partial charge in [-0.2, -0.15) is 0 Å². The van der Waals surface area contributed by atoms with Crippen molar-refractivity contribution in [3.8, 4) is 11.5 Å². The summed E-state index contributed by atoms with van der Waals surface area (Å²) < 4.78 is 11.0. The lowest BCUT2D eigenvalue weighted by atomic mass is 9.94. The summed E-state index contributed by atoms with van der Waals surface area (Å²) >= 11 is 0. The zero-order valence-corrected chi connectivity index (χ0v) is 17.0. The molecule has 2 aromatic carbocycles. The highest BCUT2D eigenvalue weighted by Crippen LogP contribution is 2.33. The SMILES string of the molecule is C=CCc1cc(CNCC2CNNC2c2cccc(C)c2)cc(OC)c1OC. The lowest BCUT2D eigenvalue weighted by Crippen LogP contribution is -2.28. The van der Waals surface area contributed by atoms with Gasteiger partial charge in [-0.1, -0.05) is 42.0 Å². The Morgan fingerprint density at radius 2 is 2.07 bits per heavy atom. The van der Waals surface area contributed by atoms with Crippen molar-refractivity contribution in [3.05, 3.63) is 71.3 Å². The fourth-order valence-electron chi connectivity index (χ4n) is 3.86. The third kappa shape index (κ3) is 4.73. The third-order valence-electron chi connectivity index (χ3n) is 5.21. The summed E-state index contributed by atoms with van der Waals surface area (Å²) in [6.45, 7) is 8.63. The second-order valence-corrected chi connectivity index (χ2v) is 7.29. The van der Waals surface area contributed by atoms with Crippen molar-refractivity contribution in [2.45, 2.75) is 25.9 Å². The van der Waals surface area contributed by atoms with Crippen molar-refractivity contribution in [2.24, 2.45) is 5.92 Å². The highest BCUT2D eigenvalue weighted by molar-refractivity contribution is 5.50. The molecule has 2 unspecified atom stereocenters. The summed E-state index contributed by atoms with van der Waals surface area (Å²) in [7, 11) is 3.35. The van der Waals surface area contributed by atoms with Crippen molar-refractivity contribution in [1.29, 1.82) is 0 Å². The molecule has 0 spiro atoms. The lowest BCUT2D eigenvalue weighted by molar-refractivity contribution is 0.351. The Morgan fingerprint density at radius 1 is 1.21 bits per heavy atom. The van der Waals surface area contributed by atoms with Gasteiger partial charge in [-0.3, -0.25) is 5.43 Å². The van der Waals surface area contributed by atoms with Crippen LogP contribution < -0.4 is 25.6 Å². The standard InChI is InChI=1S/C23H31N3O2/c1-5-7-19-11-17(12-21(27-3)23(19)28-4)13-24-14-20-15-25-26-22(20)18-9-6-8-16(2)10-18/h5-6,8-12,20,22,24-26H,1,7,13-15H2,2-4H3. The Bertz CT molecular complexity index is 806. The Hall–Kier alpha value is -2.34. The van der Waals surface area contributed by atoms with E-state index in [4.69, 9.17) is 9.47 Å². The van der Waals surface area contributed by atoms with Crippen molar-refractivity contribution in [2.75, 3.05) is 27.3 Å². The monoisotopic (exact) mass is 381 g/mol. The molecule has 0 bridgehead atoms. The van der Waals surface area contributed by atoms with E-state index in [0.717, 1.165) is 43.1 Å². The average molecular weight is 382 g/mol. The quantitative estimate of drug-likeness (QED) is 0.582. The minimum absolute atomic E-state index is 0.314. The van der Waals surface area contributed by atoms with E-state index in [1.54, 1.807) is 14.2 Å². The summed E-state index contributed by atoms with van der Waals surface area (Å²) in [4.78, 5) is 0. The van der Waals surface area contributed by atoms with Crippen LogP contribution in [-0.2, 0) is 13.0 Å². The second kappa shape index (κ2) is 9.73. The van der Waals surface area contributed by atoms with Gasteiger partial charge in [-0.05, 0) is 30.5 Å². The van der Waals surface area contributed by atoms with E-state index in [2.05, 4.69) is 60.0 Å². The Balaban J connectivity index is 1.65. The van der Waals surface area contributed by atoms with Gasteiger partial charge < -0.3 is 14.8 Å². The molecule has 150 valence electrons. The Kier molecular flexibility index (Phi) is 7.09. The first-order valence-corrected chi connectivity index (χ1v) is 9.76. The van der Waals surface area contributed by atoms with Crippen molar-refractivity contribution < 1.29 is 9.47 Å². The van der Waals surface area contributed by atoms with Gasteiger partial charge in [0.2, 0.25) is 0 Å². The maximum atomic E-state index is 5.52. The van der Waals surface area contributed by atoms with E-state index in [1.165, 1.54) is 16.7 Å². The fourth-order valence-corrected chi connectivity index (χ4v) is 3.86. The summed E-state index contributed by atoms with van der Waals surface area (Å²) in [5, 5.41) is 3.61. The first kappa shape index (κ1) is 20.4. The van der Waals surface area contributed by atoms with Crippen LogP contribution in [0.5, 0.6) is 11.5 Å².